The van der Waals surface area contributed by atoms with E-state index in [-0.39, 0.29) is 42.1 Å². The minimum atomic E-state index is -1.02. The Bertz CT molecular complexity index is 1690. The number of allylic oxidation sites excluding steroid dienone is 1. The lowest BCUT2D eigenvalue weighted by atomic mass is 9.56. The van der Waals surface area contributed by atoms with Crippen LogP contribution in [0, 0.1) is 17.8 Å². The highest BCUT2D eigenvalue weighted by atomic mass is 32.2. The highest BCUT2D eigenvalue weighted by Crippen LogP contribution is 2.62. The van der Waals surface area contributed by atoms with Gasteiger partial charge in [-0.2, -0.15) is 11.8 Å². The van der Waals surface area contributed by atoms with Gasteiger partial charge in [-0.15, -0.1) is 6.58 Å². The molecule has 1 fully saturated rings. The number of aliphatic hydroxyl groups is 2. The number of thioether (sulfide) groups is 1. The van der Waals surface area contributed by atoms with E-state index in [0.29, 0.717) is 38.3 Å². The molecule has 1 saturated carbocycles. The summed E-state index contributed by atoms with van der Waals surface area (Å²) in [4.78, 5) is 19.0. The first kappa shape index (κ1) is 50.7. The molecule has 6 unspecified atom stereocenters. The van der Waals surface area contributed by atoms with Crippen molar-refractivity contribution in [2.24, 2.45) is 22.9 Å². The van der Waals surface area contributed by atoms with Gasteiger partial charge in [0.1, 0.15) is 18.1 Å². The van der Waals surface area contributed by atoms with Crippen molar-refractivity contribution in [3.8, 4) is 11.5 Å². The van der Waals surface area contributed by atoms with Crippen LogP contribution in [-0.4, -0.2) is 65.2 Å². The number of fused-ring (bicyclic) bond motifs is 2. The van der Waals surface area contributed by atoms with E-state index in [0.717, 1.165) is 72.4 Å². The van der Waals surface area contributed by atoms with Crippen LogP contribution in [0.15, 0.2) is 78.0 Å². The predicted molar refractivity (Wildman–Crippen MR) is 259 cm³/mol. The van der Waals surface area contributed by atoms with E-state index in [1.807, 2.05) is 61.2 Å². The van der Waals surface area contributed by atoms with Gasteiger partial charge in [0.05, 0.1) is 23.5 Å². The maximum atomic E-state index is 12.7. The first-order chi connectivity index (χ1) is 31.0. The monoisotopic (exact) mass is 889 g/mol. The molecule has 5 rings (SSSR count). The molecule has 3 N–H and O–H groups in total. The molecule has 0 aromatic heterocycles. The molecule has 0 saturated heterocycles. The van der Waals surface area contributed by atoms with Crippen LogP contribution in [0.3, 0.4) is 0 Å². The van der Waals surface area contributed by atoms with E-state index in [1.54, 1.807) is 0 Å². The van der Waals surface area contributed by atoms with Gasteiger partial charge in [-0.25, -0.2) is 4.79 Å². The van der Waals surface area contributed by atoms with Crippen molar-refractivity contribution in [3.63, 3.8) is 0 Å². The number of aliphatic hydroxyl groups excluding tert-OH is 2. The Hall–Kier alpha value is -3.31. The number of benzene rings is 2. The zero-order valence-corrected chi connectivity index (χ0v) is 39.6. The summed E-state index contributed by atoms with van der Waals surface area (Å²) in [6.07, 6.45) is 28.0. The Labute approximate surface area is 384 Å². The molecular formula is C53H80N2O7S. The molecule has 350 valence electrons. The first-order valence-corrected chi connectivity index (χ1v) is 25.9. The highest BCUT2D eigenvalue weighted by molar-refractivity contribution is 8.00. The average molecular weight is 889 g/mol. The molecule has 10 heteroatoms. The SMILES string of the molecule is C=CCOC12Oc3ccc(OC(=O)NCC)cc3C3C(CCCCO)C(CCCCO)C=C(C(=NOCc4ccccc4)CC1SCCCCCCCCCCCCCCCC)C32. The quantitative estimate of drug-likeness (QED) is 0.0378. The van der Waals surface area contributed by atoms with Crippen molar-refractivity contribution < 1.29 is 34.1 Å². The fourth-order valence-corrected chi connectivity index (χ4v) is 11.5. The number of ether oxygens (including phenoxy) is 3. The fourth-order valence-electron chi connectivity index (χ4n) is 10.1. The second kappa shape index (κ2) is 28.6. The van der Waals surface area contributed by atoms with Gasteiger partial charge in [-0.05, 0) is 86.0 Å². The zero-order valence-electron chi connectivity index (χ0n) is 38.8. The molecule has 63 heavy (non-hydrogen) atoms. The number of nitrogens with zero attached hydrogens (tertiary/aromatic N) is 1. The van der Waals surface area contributed by atoms with Crippen LogP contribution in [0.1, 0.15) is 166 Å². The molecule has 2 aromatic rings. The van der Waals surface area contributed by atoms with Crippen molar-refractivity contribution in [1.29, 1.82) is 0 Å². The van der Waals surface area contributed by atoms with Crippen LogP contribution in [0.25, 0.3) is 0 Å². The number of amides is 1. The van der Waals surface area contributed by atoms with Gasteiger partial charge in [0.25, 0.3) is 0 Å². The Morgan fingerprint density at radius 2 is 1.54 bits per heavy atom. The highest BCUT2D eigenvalue weighted by Gasteiger charge is 2.64. The molecule has 1 amide bonds. The van der Waals surface area contributed by atoms with Crippen molar-refractivity contribution >= 4 is 23.6 Å². The van der Waals surface area contributed by atoms with E-state index < -0.39 is 11.9 Å². The molecule has 2 aromatic carbocycles. The Morgan fingerprint density at radius 3 is 2.19 bits per heavy atom. The lowest BCUT2D eigenvalue weighted by Gasteiger charge is -2.58. The number of carbonyl (C=O) groups excluding carboxylic acids is 1. The van der Waals surface area contributed by atoms with Crippen molar-refractivity contribution in [2.75, 3.05) is 32.1 Å². The molecule has 1 aliphatic heterocycles. The minimum Gasteiger partial charge on any atom is -0.460 e. The van der Waals surface area contributed by atoms with Crippen molar-refractivity contribution in [2.45, 2.75) is 172 Å². The van der Waals surface area contributed by atoms with E-state index >= 15 is 0 Å². The van der Waals surface area contributed by atoms with Gasteiger partial charge in [-0.3, -0.25) is 0 Å². The van der Waals surface area contributed by atoms with Crippen LogP contribution < -0.4 is 14.8 Å². The van der Waals surface area contributed by atoms with Gasteiger partial charge >= 0.3 is 6.09 Å². The van der Waals surface area contributed by atoms with Gasteiger partial charge in [0.2, 0.25) is 5.79 Å². The molecular weight excluding hydrogens is 809 g/mol. The van der Waals surface area contributed by atoms with Gasteiger partial charge in [0, 0.05) is 37.7 Å². The predicted octanol–water partition coefficient (Wildman–Crippen LogP) is 12.8. The second-order valence-corrected chi connectivity index (χ2v) is 19.2. The zero-order chi connectivity index (χ0) is 44.5. The van der Waals surface area contributed by atoms with Crippen molar-refractivity contribution in [3.05, 3.63) is 84.0 Å². The molecule has 0 spiro atoms. The molecule has 1 heterocycles. The molecule has 3 aliphatic rings. The molecule has 2 aliphatic carbocycles. The topological polar surface area (TPSA) is 119 Å². The number of nitrogens with one attached hydrogen (secondary N) is 1. The minimum absolute atomic E-state index is 0.0713. The maximum absolute atomic E-state index is 12.7. The molecule has 0 radical (unpaired) electrons. The number of carbonyl (C=O) groups is 1. The van der Waals surface area contributed by atoms with E-state index in [9.17, 15) is 15.0 Å². The van der Waals surface area contributed by atoms with Crippen LogP contribution in [-0.2, 0) is 16.2 Å². The normalized spacial score (nSPS) is 23.0. The van der Waals surface area contributed by atoms with Crippen LogP contribution in [0.4, 0.5) is 4.79 Å². The lowest BCUT2D eigenvalue weighted by molar-refractivity contribution is -0.223. The second-order valence-electron chi connectivity index (χ2n) is 17.9. The molecule has 0 bridgehead atoms. The first-order valence-electron chi connectivity index (χ1n) is 24.8. The summed E-state index contributed by atoms with van der Waals surface area (Å²) in [5.74, 6) is 1.19. The Kier molecular flexibility index (Phi) is 23.0. The fraction of sp³-hybridized carbons (Fsp3) is 0.660. The summed E-state index contributed by atoms with van der Waals surface area (Å²) >= 11 is 1.93. The molecule has 6 atom stereocenters. The largest absolute Gasteiger partial charge is 0.460 e. The van der Waals surface area contributed by atoms with Gasteiger partial charge < -0.3 is 34.6 Å². The number of oxime groups is 1. The number of unbranched alkanes of at least 4 members (excludes halogenated alkanes) is 15. The maximum Gasteiger partial charge on any atom is 0.412 e. The third kappa shape index (κ3) is 15.1. The third-order valence-electron chi connectivity index (χ3n) is 13.2. The Balaban J connectivity index is 1.43. The van der Waals surface area contributed by atoms with E-state index in [1.165, 1.54) is 83.5 Å². The standard InChI is InChI=1S/C53H80N2O7S/c1-4-7-8-9-10-11-12-13-14-15-16-17-18-26-36-63-49-39-47(55-60-40-41-27-20-19-21-28-41)45-37-42(29-22-24-33-56)44(30-23-25-34-57)50-46-38-43(61-52(58)54-6-3)31-32-48(46)62-53(49,51(45)50)59-35-5-2/h5,19-21,27-28,31-32,37-38,42,44,49-51,56-57H,2,4,6-18,22-26,29-30,33-36,39-40H2,1,3H3,(H,54,58). The summed E-state index contributed by atoms with van der Waals surface area (Å²) in [6, 6.07) is 15.9. The number of hydrogen-bond acceptors (Lipinski definition) is 9. The smallest absolute Gasteiger partial charge is 0.412 e. The third-order valence-corrected chi connectivity index (χ3v) is 14.6. The van der Waals surface area contributed by atoms with Crippen LogP contribution >= 0.6 is 11.8 Å². The summed E-state index contributed by atoms with van der Waals surface area (Å²) < 4.78 is 20.3. The summed E-state index contributed by atoms with van der Waals surface area (Å²) in [5, 5.41) is 27.5. The Morgan fingerprint density at radius 1 is 0.873 bits per heavy atom. The number of rotatable bonds is 32. The average Bonchev–Trinajstić information content (AvgIpc) is 3.29. The lowest BCUT2D eigenvalue weighted by Crippen LogP contribution is -2.64. The molecule has 9 nitrogen and oxygen atoms in total. The van der Waals surface area contributed by atoms with Crippen LogP contribution in [0.2, 0.25) is 0 Å². The summed E-state index contributed by atoms with van der Waals surface area (Å²) in [7, 11) is 0. The van der Waals surface area contributed by atoms with E-state index in [2.05, 4.69) is 37.0 Å². The van der Waals surface area contributed by atoms with E-state index in [4.69, 9.17) is 24.2 Å². The van der Waals surface area contributed by atoms with Gasteiger partial charge in [0.15, 0.2) is 0 Å². The van der Waals surface area contributed by atoms with Crippen molar-refractivity contribution in [1.82, 2.24) is 5.32 Å². The number of hydrogen-bond donors (Lipinski definition) is 3. The van der Waals surface area contributed by atoms with Gasteiger partial charge in [-0.1, -0.05) is 151 Å². The summed E-state index contributed by atoms with van der Waals surface area (Å²) in [5.41, 5.74) is 4.08. The van der Waals surface area contributed by atoms with Crippen LogP contribution in [0.5, 0.6) is 11.5 Å². The summed E-state index contributed by atoms with van der Waals surface area (Å²) in [6.45, 7) is 9.68.